The van der Waals surface area contributed by atoms with Gasteiger partial charge in [-0.25, -0.2) is 8.42 Å². The fraction of sp³-hybridized carbons (Fsp3) is 0.355. The number of nitrogens with one attached hydrogen (secondary N) is 1. The molecule has 39 heavy (non-hydrogen) atoms. The molecular formula is C31H39N3O4S. The molecule has 2 atom stereocenters. The molecule has 0 fully saturated rings. The number of carbonyl (C=O) groups excluding carboxylic acids is 2. The summed E-state index contributed by atoms with van der Waals surface area (Å²) in [5.41, 5.74) is 3.17. The van der Waals surface area contributed by atoms with E-state index in [1.807, 2.05) is 70.2 Å². The molecule has 3 rings (SSSR count). The van der Waals surface area contributed by atoms with Gasteiger partial charge in [0.2, 0.25) is 11.8 Å². The second kappa shape index (κ2) is 13.4. The number of sulfonamides is 1. The van der Waals surface area contributed by atoms with Gasteiger partial charge >= 0.3 is 0 Å². The average Bonchev–Trinajstić information content (AvgIpc) is 2.93. The van der Waals surface area contributed by atoms with Gasteiger partial charge in [-0.2, -0.15) is 0 Å². The first kappa shape index (κ1) is 29.9. The maximum atomic E-state index is 13.9. The number of anilines is 1. The van der Waals surface area contributed by atoms with Gasteiger partial charge in [-0.3, -0.25) is 13.9 Å². The molecule has 1 N–H and O–H groups in total. The van der Waals surface area contributed by atoms with Crippen molar-refractivity contribution in [3.8, 4) is 0 Å². The summed E-state index contributed by atoms with van der Waals surface area (Å²) >= 11 is 0. The van der Waals surface area contributed by atoms with Crippen LogP contribution in [-0.2, 0) is 26.0 Å². The Morgan fingerprint density at radius 1 is 0.897 bits per heavy atom. The number of benzene rings is 3. The minimum absolute atomic E-state index is 0.0452. The number of amides is 2. The van der Waals surface area contributed by atoms with Gasteiger partial charge in [-0.1, -0.05) is 73.2 Å². The van der Waals surface area contributed by atoms with Gasteiger partial charge in [0.05, 0.1) is 10.6 Å². The number of hydrogen-bond acceptors (Lipinski definition) is 4. The fourth-order valence-electron chi connectivity index (χ4n) is 4.35. The van der Waals surface area contributed by atoms with Crippen molar-refractivity contribution in [1.82, 2.24) is 10.2 Å². The van der Waals surface area contributed by atoms with Crippen LogP contribution in [-0.4, -0.2) is 50.3 Å². The quantitative estimate of drug-likeness (QED) is 0.349. The van der Waals surface area contributed by atoms with E-state index in [1.54, 1.807) is 31.2 Å². The van der Waals surface area contributed by atoms with Gasteiger partial charge in [0.25, 0.3) is 10.0 Å². The van der Waals surface area contributed by atoms with Crippen LogP contribution in [0.2, 0.25) is 0 Å². The monoisotopic (exact) mass is 549 g/mol. The van der Waals surface area contributed by atoms with E-state index in [0.717, 1.165) is 27.4 Å². The van der Waals surface area contributed by atoms with Crippen LogP contribution in [0.5, 0.6) is 0 Å². The Morgan fingerprint density at radius 2 is 1.51 bits per heavy atom. The van der Waals surface area contributed by atoms with E-state index in [0.29, 0.717) is 12.1 Å². The number of hydrogen-bond donors (Lipinski definition) is 1. The third kappa shape index (κ3) is 7.69. The van der Waals surface area contributed by atoms with Crippen LogP contribution in [0.15, 0.2) is 83.8 Å². The molecule has 0 unspecified atom stereocenters. The highest BCUT2D eigenvalue weighted by molar-refractivity contribution is 7.92. The summed E-state index contributed by atoms with van der Waals surface area (Å²) < 4.78 is 28.9. The number of aryl methyl sites for hydroxylation is 2. The van der Waals surface area contributed by atoms with Crippen molar-refractivity contribution in [1.29, 1.82) is 0 Å². The number of nitrogens with zero attached hydrogens (tertiary/aromatic N) is 2. The van der Waals surface area contributed by atoms with Crippen molar-refractivity contribution >= 4 is 27.5 Å². The standard InChI is InChI=1S/C31H39N3O4S/c1-6-25(4)32-31(36)26(5)33(20-19-27-13-9-7-10-14-27)30(35)22-34(29-18-17-23(2)21-24(29)3)39(37,38)28-15-11-8-12-16-28/h7-18,21,25-26H,6,19-20,22H2,1-5H3,(H,32,36)/t25-,26+/m0/s1. The molecule has 2 amide bonds. The second-order valence-corrected chi connectivity index (χ2v) is 11.8. The van der Waals surface area contributed by atoms with E-state index in [-0.39, 0.29) is 23.4 Å². The zero-order valence-electron chi connectivity index (χ0n) is 23.4. The Balaban J connectivity index is 1.99. The van der Waals surface area contributed by atoms with Crippen LogP contribution >= 0.6 is 0 Å². The summed E-state index contributed by atoms with van der Waals surface area (Å²) in [6.07, 6.45) is 1.29. The van der Waals surface area contributed by atoms with E-state index < -0.39 is 28.5 Å². The predicted octanol–water partition coefficient (Wildman–Crippen LogP) is 4.87. The predicted molar refractivity (Wildman–Crippen MR) is 156 cm³/mol. The normalized spacial score (nSPS) is 12.8. The third-order valence-corrected chi connectivity index (χ3v) is 8.66. The second-order valence-electron chi connectivity index (χ2n) is 9.93. The summed E-state index contributed by atoms with van der Waals surface area (Å²) in [6, 6.07) is 22.4. The molecule has 8 heteroatoms. The highest BCUT2D eigenvalue weighted by Gasteiger charge is 2.33. The molecule has 0 aromatic heterocycles. The summed E-state index contributed by atoms with van der Waals surface area (Å²) in [6.45, 7) is 9.17. The van der Waals surface area contributed by atoms with Gasteiger partial charge < -0.3 is 10.2 Å². The van der Waals surface area contributed by atoms with Crippen LogP contribution in [0.3, 0.4) is 0 Å². The van der Waals surface area contributed by atoms with Gasteiger partial charge in [0, 0.05) is 12.6 Å². The molecule has 3 aromatic rings. The smallest absolute Gasteiger partial charge is 0.264 e. The van der Waals surface area contributed by atoms with Crippen molar-refractivity contribution < 1.29 is 18.0 Å². The lowest BCUT2D eigenvalue weighted by molar-refractivity contribution is -0.139. The molecule has 0 saturated carbocycles. The third-order valence-electron chi connectivity index (χ3n) is 6.88. The maximum Gasteiger partial charge on any atom is 0.264 e. The molecule has 0 aliphatic carbocycles. The Kier molecular flexibility index (Phi) is 10.3. The maximum absolute atomic E-state index is 13.9. The highest BCUT2D eigenvalue weighted by Crippen LogP contribution is 2.28. The summed E-state index contributed by atoms with van der Waals surface area (Å²) in [7, 11) is -4.07. The summed E-state index contributed by atoms with van der Waals surface area (Å²) in [5.74, 6) is -0.716. The topological polar surface area (TPSA) is 86.8 Å². The van der Waals surface area contributed by atoms with Crippen molar-refractivity contribution in [3.63, 3.8) is 0 Å². The van der Waals surface area contributed by atoms with Gasteiger partial charge in [-0.05, 0) is 69.9 Å². The lowest BCUT2D eigenvalue weighted by atomic mass is 10.1. The van der Waals surface area contributed by atoms with E-state index in [2.05, 4.69) is 5.32 Å². The zero-order chi connectivity index (χ0) is 28.6. The zero-order valence-corrected chi connectivity index (χ0v) is 24.2. The number of carbonyl (C=O) groups is 2. The van der Waals surface area contributed by atoms with E-state index in [4.69, 9.17) is 0 Å². The largest absolute Gasteiger partial charge is 0.352 e. The minimum Gasteiger partial charge on any atom is -0.352 e. The first-order valence-electron chi connectivity index (χ1n) is 13.3. The molecule has 0 aliphatic rings. The molecule has 0 radical (unpaired) electrons. The van der Waals surface area contributed by atoms with Crippen molar-refractivity contribution in [2.75, 3.05) is 17.4 Å². The SMILES string of the molecule is CC[C@H](C)NC(=O)[C@@H](C)N(CCc1ccccc1)C(=O)CN(c1ccc(C)cc1C)S(=O)(=O)c1ccccc1. The fourth-order valence-corrected chi connectivity index (χ4v) is 5.85. The highest BCUT2D eigenvalue weighted by atomic mass is 32.2. The molecule has 0 aliphatic heterocycles. The Hall–Kier alpha value is -3.65. The number of rotatable bonds is 12. The van der Waals surface area contributed by atoms with E-state index >= 15 is 0 Å². The average molecular weight is 550 g/mol. The Morgan fingerprint density at radius 3 is 2.10 bits per heavy atom. The van der Waals surface area contributed by atoms with E-state index in [1.165, 1.54) is 17.0 Å². The molecule has 3 aromatic carbocycles. The Bertz CT molecular complexity index is 1360. The van der Waals surface area contributed by atoms with Gasteiger partial charge in [0.1, 0.15) is 12.6 Å². The molecule has 7 nitrogen and oxygen atoms in total. The Labute approximate surface area is 232 Å². The van der Waals surface area contributed by atoms with E-state index in [9.17, 15) is 18.0 Å². The molecule has 208 valence electrons. The molecule has 0 heterocycles. The van der Waals surface area contributed by atoms with Crippen molar-refractivity contribution in [3.05, 3.63) is 95.6 Å². The van der Waals surface area contributed by atoms with Crippen LogP contribution in [0.4, 0.5) is 5.69 Å². The minimum atomic E-state index is -4.07. The molecule has 0 saturated heterocycles. The van der Waals surface area contributed by atoms with Crippen molar-refractivity contribution in [2.45, 2.75) is 64.4 Å². The first-order valence-corrected chi connectivity index (χ1v) is 14.8. The lowest BCUT2D eigenvalue weighted by Crippen LogP contribution is -2.53. The molecule has 0 spiro atoms. The van der Waals surface area contributed by atoms with Crippen LogP contribution in [0, 0.1) is 13.8 Å². The van der Waals surface area contributed by atoms with Gasteiger partial charge in [0.15, 0.2) is 0 Å². The summed E-state index contributed by atoms with van der Waals surface area (Å²) in [4.78, 5) is 28.6. The molecule has 0 bridgehead atoms. The molecular weight excluding hydrogens is 510 g/mol. The van der Waals surface area contributed by atoms with Crippen LogP contribution in [0.25, 0.3) is 0 Å². The lowest BCUT2D eigenvalue weighted by Gasteiger charge is -2.33. The summed E-state index contributed by atoms with van der Waals surface area (Å²) in [5, 5.41) is 2.95. The first-order chi connectivity index (χ1) is 18.5. The van der Waals surface area contributed by atoms with Gasteiger partial charge in [-0.15, -0.1) is 0 Å². The van der Waals surface area contributed by atoms with Crippen molar-refractivity contribution in [2.24, 2.45) is 0 Å². The van der Waals surface area contributed by atoms with Crippen LogP contribution < -0.4 is 9.62 Å². The van der Waals surface area contributed by atoms with Crippen LogP contribution in [0.1, 0.15) is 43.9 Å².